The molecule has 0 saturated heterocycles. The minimum absolute atomic E-state index is 0.867. The third-order valence-electron chi connectivity index (χ3n) is 10.5. The van der Waals surface area contributed by atoms with E-state index in [1.807, 2.05) is 42.5 Å². The number of aryl methyl sites for hydroxylation is 1. The van der Waals surface area contributed by atoms with Crippen molar-refractivity contribution in [3.05, 3.63) is 206 Å². The van der Waals surface area contributed by atoms with Crippen molar-refractivity contribution >= 4 is 49.9 Å². The number of fused-ring (bicyclic) bond motifs is 4. The van der Waals surface area contributed by atoms with E-state index >= 15 is 0 Å². The number of hydrogen-bond donors (Lipinski definition) is 0. The van der Waals surface area contributed by atoms with Crippen molar-refractivity contribution in [2.24, 2.45) is 0 Å². The zero-order valence-electron chi connectivity index (χ0n) is 30.3. The van der Waals surface area contributed by atoms with Crippen LogP contribution in [0.3, 0.4) is 0 Å². The summed E-state index contributed by atoms with van der Waals surface area (Å²) in [4.78, 5) is 12.5. The molecular formula is C51H36N4. The third kappa shape index (κ3) is 5.91. The van der Waals surface area contributed by atoms with Gasteiger partial charge in [0.05, 0.1) is 33.5 Å². The SMILES string of the molecule is Cc1ccc(N(c2ccc(-c3ccc4c(c3)c3ccccc3n4-c3ccccc3)cc2)c2ccc(-c3nc4ccccc4nc3-c3ccccc3)cc2)cc1. The van der Waals surface area contributed by atoms with Crippen molar-refractivity contribution in [2.45, 2.75) is 6.92 Å². The van der Waals surface area contributed by atoms with Gasteiger partial charge in [-0.2, -0.15) is 0 Å². The van der Waals surface area contributed by atoms with Crippen LogP contribution in [0.1, 0.15) is 5.56 Å². The molecule has 10 aromatic rings. The molecule has 0 unspecified atom stereocenters. The van der Waals surface area contributed by atoms with Crippen molar-refractivity contribution in [1.82, 2.24) is 14.5 Å². The van der Waals surface area contributed by atoms with Crippen LogP contribution in [-0.2, 0) is 0 Å². The highest BCUT2D eigenvalue weighted by molar-refractivity contribution is 6.10. The standard InChI is InChI=1S/C51H36N4/c1-35-20-27-41(28-21-35)54(43-31-24-38(25-32-43)51-50(37-12-4-2-5-13-37)52-46-17-9-10-18-47(46)53-51)42-29-22-36(23-30-42)39-26-33-49-45(34-39)44-16-8-11-19-48(44)55(49)40-14-6-3-7-15-40/h2-34H,1H3. The van der Waals surface area contributed by atoms with Crippen LogP contribution in [0, 0.1) is 6.92 Å². The maximum atomic E-state index is 5.14. The Balaban J connectivity index is 1.03. The van der Waals surface area contributed by atoms with Crippen LogP contribution in [0.15, 0.2) is 200 Å². The fourth-order valence-electron chi connectivity index (χ4n) is 7.72. The third-order valence-corrected chi connectivity index (χ3v) is 10.5. The van der Waals surface area contributed by atoms with Gasteiger partial charge in [-0.15, -0.1) is 0 Å². The minimum Gasteiger partial charge on any atom is -0.311 e. The predicted octanol–water partition coefficient (Wildman–Crippen LogP) is 13.5. The Morgan fingerprint density at radius 3 is 1.49 bits per heavy atom. The van der Waals surface area contributed by atoms with E-state index in [0.717, 1.165) is 56.3 Å². The lowest BCUT2D eigenvalue weighted by molar-refractivity contribution is 1.18. The van der Waals surface area contributed by atoms with E-state index in [4.69, 9.17) is 9.97 Å². The van der Waals surface area contributed by atoms with E-state index in [1.165, 1.54) is 38.5 Å². The predicted molar refractivity (Wildman–Crippen MR) is 230 cm³/mol. The lowest BCUT2D eigenvalue weighted by Gasteiger charge is -2.26. The highest BCUT2D eigenvalue weighted by Crippen LogP contribution is 2.39. The molecule has 0 aliphatic rings. The molecule has 0 amide bonds. The number of nitrogens with zero attached hydrogens (tertiary/aromatic N) is 4. The highest BCUT2D eigenvalue weighted by Gasteiger charge is 2.17. The Labute approximate surface area is 320 Å². The molecule has 0 aliphatic heterocycles. The van der Waals surface area contributed by atoms with Crippen LogP contribution in [0.2, 0.25) is 0 Å². The topological polar surface area (TPSA) is 34.0 Å². The molecule has 2 heterocycles. The molecule has 55 heavy (non-hydrogen) atoms. The molecule has 260 valence electrons. The molecule has 0 spiro atoms. The second-order valence-electron chi connectivity index (χ2n) is 14.0. The van der Waals surface area contributed by atoms with Crippen LogP contribution < -0.4 is 4.90 Å². The Morgan fingerprint density at radius 1 is 0.382 bits per heavy atom. The second-order valence-corrected chi connectivity index (χ2v) is 14.0. The first-order valence-electron chi connectivity index (χ1n) is 18.7. The van der Waals surface area contributed by atoms with Gasteiger partial charge >= 0.3 is 0 Å². The maximum absolute atomic E-state index is 5.14. The molecule has 4 nitrogen and oxygen atoms in total. The lowest BCUT2D eigenvalue weighted by Crippen LogP contribution is -2.09. The van der Waals surface area contributed by atoms with Crippen LogP contribution in [0.4, 0.5) is 17.1 Å². The summed E-state index contributed by atoms with van der Waals surface area (Å²) in [5, 5.41) is 2.49. The van der Waals surface area contributed by atoms with Gasteiger partial charge < -0.3 is 9.47 Å². The Hall–Kier alpha value is -7.30. The molecule has 0 saturated carbocycles. The number of anilines is 3. The van der Waals surface area contributed by atoms with Crippen molar-refractivity contribution in [1.29, 1.82) is 0 Å². The van der Waals surface area contributed by atoms with Gasteiger partial charge in [0.25, 0.3) is 0 Å². The van der Waals surface area contributed by atoms with Gasteiger partial charge in [0.1, 0.15) is 0 Å². The van der Waals surface area contributed by atoms with Crippen LogP contribution in [0.5, 0.6) is 0 Å². The summed E-state index contributed by atoms with van der Waals surface area (Å²) in [6.45, 7) is 2.13. The van der Waals surface area contributed by atoms with Crippen LogP contribution >= 0.6 is 0 Å². The summed E-state index contributed by atoms with van der Waals surface area (Å²) in [6.07, 6.45) is 0. The summed E-state index contributed by atoms with van der Waals surface area (Å²) in [5.41, 5.74) is 16.0. The molecule has 8 aromatic carbocycles. The number of benzene rings is 8. The fraction of sp³-hybridized carbons (Fsp3) is 0.0196. The molecule has 0 atom stereocenters. The highest BCUT2D eigenvalue weighted by atomic mass is 15.1. The van der Waals surface area contributed by atoms with E-state index in [2.05, 4.69) is 174 Å². The molecular weight excluding hydrogens is 669 g/mol. The first-order valence-corrected chi connectivity index (χ1v) is 18.7. The van der Waals surface area contributed by atoms with Gasteiger partial charge in [-0.3, -0.25) is 0 Å². The summed E-state index contributed by atoms with van der Waals surface area (Å²) in [5.74, 6) is 0. The van der Waals surface area contributed by atoms with Crippen molar-refractivity contribution in [3.8, 4) is 39.3 Å². The van der Waals surface area contributed by atoms with Gasteiger partial charge in [-0.25, -0.2) is 9.97 Å². The monoisotopic (exact) mass is 704 g/mol. The second kappa shape index (κ2) is 13.6. The van der Waals surface area contributed by atoms with E-state index < -0.39 is 0 Å². The molecule has 4 heteroatoms. The minimum atomic E-state index is 0.867. The number of hydrogen-bond acceptors (Lipinski definition) is 3. The summed E-state index contributed by atoms with van der Waals surface area (Å²) in [7, 11) is 0. The first-order chi connectivity index (χ1) is 27.2. The van der Waals surface area contributed by atoms with Gasteiger partial charge in [-0.1, -0.05) is 127 Å². The molecule has 0 fully saturated rings. The van der Waals surface area contributed by atoms with E-state index in [1.54, 1.807) is 0 Å². The van der Waals surface area contributed by atoms with Crippen LogP contribution in [-0.4, -0.2) is 14.5 Å². The number of aromatic nitrogens is 3. The molecule has 0 radical (unpaired) electrons. The smallest absolute Gasteiger partial charge is 0.0973 e. The summed E-state index contributed by atoms with van der Waals surface area (Å²) in [6, 6.07) is 70.9. The van der Waals surface area contributed by atoms with Crippen molar-refractivity contribution < 1.29 is 0 Å². The molecule has 10 rings (SSSR count). The van der Waals surface area contributed by atoms with Gasteiger partial charge in [0, 0.05) is 44.6 Å². The molecule has 0 aliphatic carbocycles. The van der Waals surface area contributed by atoms with E-state index in [0.29, 0.717) is 0 Å². The molecule has 0 bridgehead atoms. The summed E-state index contributed by atoms with van der Waals surface area (Å²) < 4.78 is 2.36. The van der Waals surface area contributed by atoms with E-state index in [-0.39, 0.29) is 0 Å². The van der Waals surface area contributed by atoms with Crippen molar-refractivity contribution in [2.75, 3.05) is 4.90 Å². The van der Waals surface area contributed by atoms with Gasteiger partial charge in [0.2, 0.25) is 0 Å². The average molecular weight is 705 g/mol. The Kier molecular flexibility index (Phi) is 8.00. The average Bonchev–Trinajstić information content (AvgIpc) is 3.59. The Morgan fingerprint density at radius 2 is 0.855 bits per heavy atom. The zero-order chi connectivity index (χ0) is 36.7. The first kappa shape index (κ1) is 32.4. The Bertz CT molecular complexity index is 2950. The molecule has 2 aromatic heterocycles. The lowest BCUT2D eigenvalue weighted by atomic mass is 10.0. The van der Waals surface area contributed by atoms with Gasteiger partial charge in [0.15, 0.2) is 0 Å². The van der Waals surface area contributed by atoms with Crippen LogP contribution in [0.25, 0.3) is 72.2 Å². The quantitative estimate of drug-likeness (QED) is 0.166. The number of rotatable bonds is 7. The largest absolute Gasteiger partial charge is 0.311 e. The normalized spacial score (nSPS) is 11.4. The summed E-state index contributed by atoms with van der Waals surface area (Å²) >= 11 is 0. The molecule has 0 N–H and O–H groups in total. The number of para-hydroxylation sites is 4. The van der Waals surface area contributed by atoms with Gasteiger partial charge in [-0.05, 0) is 96.9 Å². The zero-order valence-corrected chi connectivity index (χ0v) is 30.3. The van der Waals surface area contributed by atoms with Crippen molar-refractivity contribution in [3.63, 3.8) is 0 Å². The fourth-order valence-corrected chi connectivity index (χ4v) is 7.72. The maximum Gasteiger partial charge on any atom is 0.0973 e. The van der Waals surface area contributed by atoms with E-state index in [9.17, 15) is 0 Å².